The van der Waals surface area contributed by atoms with Crippen molar-refractivity contribution in [3.8, 4) is 5.75 Å². The van der Waals surface area contributed by atoms with Crippen LogP contribution in [0.3, 0.4) is 0 Å². The fourth-order valence-electron chi connectivity index (χ4n) is 1.16. The standard InChI is InChI=1S/C12H17NO2/c1-9(2)13-12(14)10(3)15-11-7-5-4-6-8-11/h4-10H,1-3H3,(H,13,14)/t10-/m0/s1. The smallest absolute Gasteiger partial charge is 0.260 e. The monoisotopic (exact) mass is 207 g/mol. The first-order chi connectivity index (χ1) is 7.09. The normalized spacial score (nSPS) is 12.3. The largest absolute Gasteiger partial charge is 0.481 e. The molecule has 0 unspecified atom stereocenters. The number of benzene rings is 1. The van der Waals surface area contributed by atoms with Gasteiger partial charge in [-0.1, -0.05) is 18.2 Å². The molecule has 1 N–H and O–H groups in total. The van der Waals surface area contributed by atoms with Gasteiger partial charge in [-0.05, 0) is 32.9 Å². The van der Waals surface area contributed by atoms with Crippen LogP contribution in [0, 0.1) is 0 Å². The van der Waals surface area contributed by atoms with Gasteiger partial charge in [0.15, 0.2) is 6.10 Å². The molecule has 0 radical (unpaired) electrons. The van der Waals surface area contributed by atoms with Gasteiger partial charge in [-0.3, -0.25) is 4.79 Å². The number of amides is 1. The molecule has 0 aliphatic rings. The summed E-state index contributed by atoms with van der Waals surface area (Å²) in [5.41, 5.74) is 0. The minimum atomic E-state index is -0.463. The zero-order chi connectivity index (χ0) is 11.3. The van der Waals surface area contributed by atoms with Gasteiger partial charge in [0.2, 0.25) is 0 Å². The first-order valence-electron chi connectivity index (χ1n) is 5.11. The summed E-state index contributed by atoms with van der Waals surface area (Å²) in [5.74, 6) is 0.623. The van der Waals surface area contributed by atoms with Crippen molar-refractivity contribution in [2.24, 2.45) is 0 Å². The summed E-state index contributed by atoms with van der Waals surface area (Å²) in [4.78, 5) is 11.5. The lowest BCUT2D eigenvalue weighted by Crippen LogP contribution is -2.39. The average Bonchev–Trinajstić information content (AvgIpc) is 2.18. The predicted octanol–water partition coefficient (Wildman–Crippen LogP) is 1.98. The molecule has 3 heteroatoms. The summed E-state index contributed by atoms with van der Waals surface area (Å²) >= 11 is 0. The molecule has 0 saturated heterocycles. The van der Waals surface area contributed by atoms with E-state index in [1.165, 1.54) is 0 Å². The van der Waals surface area contributed by atoms with Crippen LogP contribution in [0.4, 0.5) is 0 Å². The molecule has 3 nitrogen and oxygen atoms in total. The lowest BCUT2D eigenvalue weighted by atomic mass is 10.3. The van der Waals surface area contributed by atoms with Crippen LogP contribution >= 0.6 is 0 Å². The van der Waals surface area contributed by atoms with E-state index in [2.05, 4.69) is 5.32 Å². The molecule has 0 saturated carbocycles. The molecule has 1 aromatic rings. The Morgan fingerprint density at radius 2 is 1.80 bits per heavy atom. The molecule has 82 valence electrons. The van der Waals surface area contributed by atoms with Crippen LogP contribution in [-0.2, 0) is 4.79 Å². The fraction of sp³-hybridized carbons (Fsp3) is 0.417. The van der Waals surface area contributed by atoms with Crippen LogP contribution in [0.1, 0.15) is 20.8 Å². The van der Waals surface area contributed by atoms with Crippen molar-refractivity contribution < 1.29 is 9.53 Å². The average molecular weight is 207 g/mol. The first-order valence-corrected chi connectivity index (χ1v) is 5.11. The molecular formula is C12H17NO2. The van der Waals surface area contributed by atoms with Gasteiger partial charge in [0.05, 0.1) is 0 Å². The van der Waals surface area contributed by atoms with E-state index in [9.17, 15) is 4.79 Å². The molecule has 1 atom stereocenters. The maximum absolute atomic E-state index is 11.5. The van der Waals surface area contributed by atoms with Crippen molar-refractivity contribution in [2.45, 2.75) is 32.9 Å². The van der Waals surface area contributed by atoms with Gasteiger partial charge < -0.3 is 10.1 Å². The first kappa shape index (κ1) is 11.6. The van der Waals surface area contributed by atoms with Crippen molar-refractivity contribution in [3.63, 3.8) is 0 Å². The molecule has 0 heterocycles. The Bertz CT molecular complexity index is 309. The molecular weight excluding hydrogens is 190 g/mol. The number of carbonyl (C=O) groups excluding carboxylic acids is 1. The minimum Gasteiger partial charge on any atom is -0.481 e. The van der Waals surface area contributed by atoms with Crippen molar-refractivity contribution in [1.29, 1.82) is 0 Å². The Morgan fingerprint density at radius 3 is 2.33 bits per heavy atom. The van der Waals surface area contributed by atoms with E-state index in [0.29, 0.717) is 5.75 Å². The van der Waals surface area contributed by atoms with Gasteiger partial charge in [0.1, 0.15) is 5.75 Å². The number of hydrogen-bond donors (Lipinski definition) is 1. The highest BCUT2D eigenvalue weighted by Crippen LogP contribution is 2.10. The summed E-state index contributed by atoms with van der Waals surface area (Å²) < 4.78 is 5.46. The summed E-state index contributed by atoms with van der Waals surface area (Å²) in [5, 5.41) is 2.80. The van der Waals surface area contributed by atoms with Gasteiger partial charge in [-0.2, -0.15) is 0 Å². The van der Waals surface area contributed by atoms with E-state index >= 15 is 0 Å². The SMILES string of the molecule is CC(C)NC(=O)[C@H](C)Oc1ccccc1. The van der Waals surface area contributed by atoms with E-state index < -0.39 is 6.10 Å². The summed E-state index contributed by atoms with van der Waals surface area (Å²) in [7, 11) is 0. The molecule has 0 fully saturated rings. The maximum Gasteiger partial charge on any atom is 0.260 e. The molecule has 0 spiro atoms. The molecule has 1 aromatic carbocycles. The number of carbonyl (C=O) groups is 1. The third-order valence-electron chi connectivity index (χ3n) is 1.86. The van der Waals surface area contributed by atoms with Crippen LogP contribution in [0.2, 0.25) is 0 Å². The van der Waals surface area contributed by atoms with Crippen molar-refractivity contribution in [1.82, 2.24) is 5.32 Å². The number of para-hydroxylation sites is 1. The van der Waals surface area contributed by atoms with Crippen LogP contribution in [0.25, 0.3) is 0 Å². The van der Waals surface area contributed by atoms with Crippen molar-refractivity contribution >= 4 is 5.91 Å². The topological polar surface area (TPSA) is 38.3 Å². The van der Waals surface area contributed by atoms with Crippen LogP contribution in [0.5, 0.6) is 5.75 Å². The second-order valence-corrected chi connectivity index (χ2v) is 3.74. The summed E-state index contributed by atoms with van der Waals surface area (Å²) in [6.07, 6.45) is -0.463. The summed E-state index contributed by atoms with van der Waals surface area (Å²) in [6, 6.07) is 9.47. The van der Waals surface area contributed by atoms with E-state index in [4.69, 9.17) is 4.74 Å². The highest BCUT2D eigenvalue weighted by molar-refractivity contribution is 5.80. The molecule has 1 amide bonds. The van der Waals surface area contributed by atoms with Crippen LogP contribution in [0.15, 0.2) is 30.3 Å². The zero-order valence-electron chi connectivity index (χ0n) is 9.36. The predicted molar refractivity (Wildman–Crippen MR) is 59.8 cm³/mol. The molecule has 0 aliphatic heterocycles. The third-order valence-corrected chi connectivity index (χ3v) is 1.86. The Kier molecular flexibility index (Phi) is 4.16. The van der Waals surface area contributed by atoms with Gasteiger partial charge in [-0.25, -0.2) is 0 Å². The highest BCUT2D eigenvalue weighted by atomic mass is 16.5. The van der Waals surface area contributed by atoms with Crippen LogP contribution < -0.4 is 10.1 Å². The zero-order valence-corrected chi connectivity index (χ0v) is 9.36. The minimum absolute atomic E-state index is 0.0890. The number of rotatable bonds is 4. The van der Waals surface area contributed by atoms with Crippen molar-refractivity contribution in [2.75, 3.05) is 0 Å². The Labute approximate surface area is 90.4 Å². The Hall–Kier alpha value is -1.51. The highest BCUT2D eigenvalue weighted by Gasteiger charge is 2.14. The van der Waals surface area contributed by atoms with E-state index in [0.717, 1.165) is 0 Å². The fourth-order valence-corrected chi connectivity index (χ4v) is 1.16. The molecule has 0 aliphatic carbocycles. The Balaban J connectivity index is 2.49. The number of hydrogen-bond acceptors (Lipinski definition) is 2. The second-order valence-electron chi connectivity index (χ2n) is 3.74. The van der Waals surface area contributed by atoms with Gasteiger partial charge in [-0.15, -0.1) is 0 Å². The van der Waals surface area contributed by atoms with E-state index in [-0.39, 0.29) is 11.9 Å². The lowest BCUT2D eigenvalue weighted by molar-refractivity contribution is -0.127. The van der Waals surface area contributed by atoms with E-state index in [1.54, 1.807) is 6.92 Å². The quantitative estimate of drug-likeness (QED) is 0.819. The Morgan fingerprint density at radius 1 is 1.20 bits per heavy atom. The molecule has 1 rings (SSSR count). The number of ether oxygens (including phenoxy) is 1. The van der Waals surface area contributed by atoms with Gasteiger partial charge >= 0.3 is 0 Å². The van der Waals surface area contributed by atoms with Gasteiger partial charge in [0.25, 0.3) is 5.91 Å². The number of nitrogens with one attached hydrogen (secondary N) is 1. The lowest BCUT2D eigenvalue weighted by Gasteiger charge is -2.16. The third kappa shape index (κ3) is 4.02. The van der Waals surface area contributed by atoms with E-state index in [1.807, 2.05) is 44.2 Å². The molecule has 0 bridgehead atoms. The maximum atomic E-state index is 11.5. The van der Waals surface area contributed by atoms with Crippen molar-refractivity contribution in [3.05, 3.63) is 30.3 Å². The van der Waals surface area contributed by atoms with Crippen LogP contribution in [-0.4, -0.2) is 18.1 Å². The second kappa shape index (κ2) is 5.39. The molecule has 0 aromatic heterocycles. The summed E-state index contributed by atoms with van der Waals surface area (Å²) in [6.45, 7) is 5.59. The van der Waals surface area contributed by atoms with Gasteiger partial charge in [0, 0.05) is 6.04 Å². The molecule has 15 heavy (non-hydrogen) atoms.